The van der Waals surface area contributed by atoms with E-state index in [0.717, 1.165) is 21.3 Å². The summed E-state index contributed by atoms with van der Waals surface area (Å²) in [6.07, 6.45) is 5.57. The van der Waals surface area contributed by atoms with Gasteiger partial charge in [0.2, 0.25) is 0 Å². The summed E-state index contributed by atoms with van der Waals surface area (Å²) >= 11 is 3.48. The lowest BCUT2D eigenvalue weighted by atomic mass is 10.0. The van der Waals surface area contributed by atoms with Gasteiger partial charge in [0.1, 0.15) is 17.6 Å². The number of nitrogens with two attached hydrogens (primary N) is 1. The van der Waals surface area contributed by atoms with E-state index in [1.807, 2.05) is 23.9 Å². The highest BCUT2D eigenvalue weighted by Gasteiger charge is 2.26. The molecule has 6 nitrogen and oxygen atoms in total. The number of carbonyl (C=O) groups is 1. The van der Waals surface area contributed by atoms with Crippen LogP contribution >= 0.6 is 15.9 Å². The van der Waals surface area contributed by atoms with Gasteiger partial charge in [-0.3, -0.25) is 10.5 Å². The summed E-state index contributed by atoms with van der Waals surface area (Å²) in [5.74, 6) is 0.450. The first-order valence-corrected chi connectivity index (χ1v) is 6.57. The molecule has 0 saturated heterocycles. The van der Waals surface area contributed by atoms with Crippen LogP contribution in [0.15, 0.2) is 22.9 Å². The van der Waals surface area contributed by atoms with Crippen LogP contribution in [0.5, 0.6) is 0 Å². The molecule has 3 heterocycles. The zero-order valence-corrected chi connectivity index (χ0v) is 11.8. The van der Waals surface area contributed by atoms with E-state index < -0.39 is 0 Å². The summed E-state index contributed by atoms with van der Waals surface area (Å²) in [6, 6.07) is 0. The van der Waals surface area contributed by atoms with Crippen LogP contribution in [0.4, 0.5) is 5.95 Å². The third-order valence-corrected chi connectivity index (χ3v) is 3.88. The first kappa shape index (κ1) is 12.0. The minimum Gasteiger partial charge on any atom is -0.356 e. The predicted octanol–water partition coefficient (Wildman–Crippen LogP) is 0.687. The van der Waals surface area contributed by atoms with Crippen LogP contribution < -0.4 is 15.6 Å². The second-order valence-corrected chi connectivity index (χ2v) is 5.19. The van der Waals surface area contributed by atoms with Crippen molar-refractivity contribution in [1.82, 2.24) is 15.3 Å². The summed E-state index contributed by atoms with van der Waals surface area (Å²) in [4.78, 5) is 17.9. The Balaban J connectivity index is 2.24. The zero-order valence-electron chi connectivity index (χ0n) is 10.2. The minimum atomic E-state index is -0.113. The fourth-order valence-electron chi connectivity index (χ4n) is 2.23. The predicted molar refractivity (Wildman–Crippen MR) is 74.3 cm³/mol. The lowest BCUT2D eigenvalue weighted by Crippen LogP contribution is -2.34. The number of nitrogens with one attached hydrogen (secondary N) is 3. The number of aromatic amines is 2. The van der Waals surface area contributed by atoms with Crippen LogP contribution in [0.2, 0.25) is 0 Å². The molecule has 0 unspecified atom stereocenters. The molecule has 1 aliphatic rings. The molecule has 0 aromatic carbocycles. The number of hydrogen-bond donors (Lipinski definition) is 4. The van der Waals surface area contributed by atoms with Gasteiger partial charge in [-0.05, 0) is 15.9 Å². The summed E-state index contributed by atoms with van der Waals surface area (Å²) in [7, 11) is 1.88. The molecule has 1 aliphatic heterocycles. The van der Waals surface area contributed by atoms with E-state index in [1.165, 1.54) is 0 Å². The molecule has 98 valence electrons. The second-order valence-electron chi connectivity index (χ2n) is 4.33. The molecule has 0 aliphatic carbocycles. The van der Waals surface area contributed by atoms with Gasteiger partial charge in [0.25, 0.3) is 5.91 Å². The first-order valence-electron chi connectivity index (χ1n) is 5.78. The lowest BCUT2D eigenvalue weighted by Gasteiger charge is -2.05. The number of nitrogens with zero attached hydrogens (tertiary/aromatic N) is 1. The number of H-pyrrole nitrogens is 2. The molecule has 7 heteroatoms. The third-order valence-electron chi connectivity index (χ3n) is 3.25. The molecular weight excluding hydrogens is 310 g/mol. The van der Waals surface area contributed by atoms with Crippen molar-refractivity contribution in [2.24, 2.45) is 7.05 Å². The Labute approximate surface area is 117 Å². The van der Waals surface area contributed by atoms with Crippen molar-refractivity contribution >= 4 is 33.4 Å². The highest BCUT2D eigenvalue weighted by molar-refractivity contribution is 9.10. The summed E-state index contributed by atoms with van der Waals surface area (Å²) in [5, 5.41) is 2.82. The fourth-order valence-corrected chi connectivity index (χ4v) is 2.76. The van der Waals surface area contributed by atoms with E-state index in [-0.39, 0.29) is 5.91 Å². The van der Waals surface area contributed by atoms with E-state index >= 15 is 0 Å². The fraction of sp³-hybridized carbons (Fsp3) is 0.167. The van der Waals surface area contributed by atoms with Gasteiger partial charge in [-0.25, -0.2) is 9.55 Å². The zero-order chi connectivity index (χ0) is 13.6. The Bertz CT molecular complexity index is 697. The van der Waals surface area contributed by atoms with Crippen molar-refractivity contribution in [2.45, 2.75) is 0 Å². The number of carbonyl (C=O) groups excluding carboxylic acids is 1. The normalized spacial score (nSPS) is 14.6. The smallest absolute Gasteiger partial charge is 0.352 e. The van der Waals surface area contributed by atoms with Gasteiger partial charge >= 0.3 is 5.95 Å². The second kappa shape index (κ2) is 4.27. The Hall–Kier alpha value is -2.02. The number of anilines is 1. The summed E-state index contributed by atoms with van der Waals surface area (Å²) in [5.41, 5.74) is 9.11. The Morgan fingerprint density at radius 2 is 2.16 bits per heavy atom. The number of fused-ring (bicyclic) bond motifs is 1. The van der Waals surface area contributed by atoms with Crippen molar-refractivity contribution in [1.29, 1.82) is 0 Å². The van der Waals surface area contributed by atoms with Crippen molar-refractivity contribution < 1.29 is 9.36 Å². The van der Waals surface area contributed by atoms with E-state index in [0.29, 0.717) is 18.2 Å². The maximum atomic E-state index is 12.0. The van der Waals surface area contributed by atoms with Gasteiger partial charge in [-0.15, -0.1) is 0 Å². The maximum absolute atomic E-state index is 12.0. The number of imidazole rings is 1. The van der Waals surface area contributed by atoms with E-state index in [9.17, 15) is 4.79 Å². The number of aromatic nitrogens is 3. The average Bonchev–Trinajstić information content (AvgIpc) is 2.86. The maximum Gasteiger partial charge on any atom is 0.352 e. The third kappa shape index (κ3) is 1.77. The molecule has 2 aromatic rings. The van der Waals surface area contributed by atoms with E-state index in [1.54, 1.807) is 6.20 Å². The first-order chi connectivity index (χ1) is 9.09. The quantitative estimate of drug-likeness (QED) is 0.582. The minimum absolute atomic E-state index is 0.113. The largest absolute Gasteiger partial charge is 0.356 e. The van der Waals surface area contributed by atoms with Crippen molar-refractivity contribution in [3.63, 3.8) is 0 Å². The molecule has 5 N–H and O–H groups in total. The van der Waals surface area contributed by atoms with Gasteiger partial charge in [0.05, 0.1) is 7.05 Å². The number of rotatable bonds is 1. The van der Waals surface area contributed by atoms with Crippen molar-refractivity contribution in [3.05, 3.63) is 39.9 Å². The number of hydrogen-bond acceptors (Lipinski definition) is 2. The Morgan fingerprint density at radius 1 is 1.37 bits per heavy atom. The summed E-state index contributed by atoms with van der Waals surface area (Å²) < 4.78 is 2.70. The van der Waals surface area contributed by atoms with Crippen LogP contribution in [-0.2, 0) is 7.05 Å². The van der Waals surface area contributed by atoms with Crippen LogP contribution in [0, 0.1) is 0 Å². The molecule has 2 aromatic heterocycles. The van der Waals surface area contributed by atoms with E-state index in [2.05, 4.69) is 31.2 Å². The molecule has 0 radical (unpaired) electrons. The van der Waals surface area contributed by atoms with Crippen LogP contribution in [0.25, 0.3) is 5.57 Å². The summed E-state index contributed by atoms with van der Waals surface area (Å²) in [6.45, 7) is 0.480. The monoisotopic (exact) mass is 322 g/mol. The van der Waals surface area contributed by atoms with Gasteiger partial charge < -0.3 is 10.3 Å². The number of amides is 1. The van der Waals surface area contributed by atoms with Gasteiger partial charge in [-0.2, -0.15) is 0 Å². The van der Waals surface area contributed by atoms with Gasteiger partial charge in [-0.1, -0.05) is 6.08 Å². The molecule has 0 saturated carbocycles. The van der Waals surface area contributed by atoms with E-state index in [4.69, 9.17) is 5.73 Å². The molecule has 3 rings (SSSR count). The van der Waals surface area contributed by atoms with Crippen molar-refractivity contribution in [3.8, 4) is 0 Å². The molecule has 0 atom stereocenters. The molecule has 1 amide bonds. The standard InChI is InChI=1S/C12H12BrN5O/c1-18-8(5-17-12(18)14)6-2-3-15-11(19)10-9(6)7(13)4-16-10/h2,4-5H,3H2,1H3,(H4,14,15,16,17,19)/p+1. The van der Waals surface area contributed by atoms with Gasteiger partial charge in [0.15, 0.2) is 0 Å². The number of halogens is 1. The van der Waals surface area contributed by atoms with Crippen molar-refractivity contribution in [2.75, 3.05) is 12.3 Å². The molecular formula is C12H13BrN5O+. The van der Waals surface area contributed by atoms with Crippen LogP contribution in [0.3, 0.4) is 0 Å². The van der Waals surface area contributed by atoms with Crippen LogP contribution in [0.1, 0.15) is 21.7 Å². The Kier molecular flexibility index (Phi) is 2.70. The SMILES string of the molecule is C[n+]1c(C2=CCNC(=O)c3[nH]cc(Br)c32)c[nH]c1N. The molecule has 0 fully saturated rings. The molecule has 0 spiro atoms. The lowest BCUT2D eigenvalue weighted by molar-refractivity contribution is -0.657. The van der Waals surface area contributed by atoms with Crippen LogP contribution in [-0.4, -0.2) is 22.4 Å². The highest BCUT2D eigenvalue weighted by atomic mass is 79.9. The number of nitrogen functional groups attached to an aromatic ring is 1. The highest BCUT2D eigenvalue weighted by Crippen LogP contribution is 2.32. The Morgan fingerprint density at radius 3 is 2.84 bits per heavy atom. The van der Waals surface area contributed by atoms with Gasteiger partial charge in [0, 0.05) is 28.4 Å². The molecule has 0 bridgehead atoms. The average molecular weight is 323 g/mol. The topological polar surface area (TPSA) is 90.6 Å². The molecule has 19 heavy (non-hydrogen) atoms.